The molecular weight excluding hydrogens is 356 g/mol. The lowest BCUT2D eigenvalue weighted by atomic mass is 9.90. The van der Waals surface area contributed by atoms with E-state index >= 15 is 0 Å². The van der Waals surface area contributed by atoms with Gasteiger partial charge >= 0.3 is 0 Å². The number of benzene rings is 2. The molecule has 0 spiro atoms. The third-order valence-corrected chi connectivity index (χ3v) is 5.63. The molecule has 0 atom stereocenters. The Morgan fingerprint density at radius 1 is 1.00 bits per heavy atom. The minimum Gasteiger partial charge on any atom is -0.356 e. The minimum absolute atomic E-state index is 0.148. The van der Waals surface area contributed by atoms with Gasteiger partial charge in [-0.2, -0.15) is 0 Å². The van der Waals surface area contributed by atoms with Crippen LogP contribution in [-0.2, 0) is 17.6 Å². The molecule has 1 heterocycles. The van der Waals surface area contributed by atoms with Crippen molar-refractivity contribution < 1.29 is 4.79 Å². The molecule has 0 aliphatic carbocycles. The zero-order valence-electron chi connectivity index (χ0n) is 15.9. The number of piperidine rings is 1. The summed E-state index contributed by atoms with van der Waals surface area (Å²) < 4.78 is 0. The van der Waals surface area contributed by atoms with E-state index in [9.17, 15) is 4.79 Å². The molecule has 0 saturated carbocycles. The van der Waals surface area contributed by atoms with Crippen molar-refractivity contribution in [3.63, 3.8) is 0 Å². The van der Waals surface area contributed by atoms with Gasteiger partial charge in [-0.15, -0.1) is 0 Å². The van der Waals surface area contributed by atoms with E-state index in [2.05, 4.69) is 40.5 Å². The van der Waals surface area contributed by atoms with E-state index in [-0.39, 0.29) is 5.91 Å². The van der Waals surface area contributed by atoms with Crippen LogP contribution in [0.5, 0.6) is 0 Å². The number of hydrogen-bond donors (Lipinski definition) is 1. The first kappa shape index (κ1) is 19.9. The van der Waals surface area contributed by atoms with E-state index in [1.54, 1.807) is 0 Å². The van der Waals surface area contributed by atoms with E-state index < -0.39 is 0 Å². The molecule has 1 saturated heterocycles. The van der Waals surface area contributed by atoms with E-state index in [1.807, 2.05) is 24.3 Å². The van der Waals surface area contributed by atoms with Gasteiger partial charge in [-0.25, -0.2) is 0 Å². The summed E-state index contributed by atoms with van der Waals surface area (Å²) in [5.41, 5.74) is 2.64. The van der Waals surface area contributed by atoms with Crippen LogP contribution in [-0.4, -0.2) is 37.0 Å². The van der Waals surface area contributed by atoms with Crippen LogP contribution in [0, 0.1) is 5.92 Å². The maximum atomic E-state index is 12.1. The highest BCUT2D eigenvalue weighted by atomic mass is 35.5. The molecule has 1 amide bonds. The Hall–Kier alpha value is -1.84. The topological polar surface area (TPSA) is 32.3 Å². The van der Waals surface area contributed by atoms with E-state index in [1.165, 1.54) is 30.4 Å². The Balaban J connectivity index is 1.28. The van der Waals surface area contributed by atoms with Crippen molar-refractivity contribution in [3.8, 4) is 0 Å². The van der Waals surface area contributed by atoms with Gasteiger partial charge in [-0.1, -0.05) is 54.1 Å². The summed E-state index contributed by atoms with van der Waals surface area (Å²) in [4.78, 5) is 14.5. The van der Waals surface area contributed by atoms with Crippen molar-refractivity contribution in [3.05, 3.63) is 70.7 Å². The van der Waals surface area contributed by atoms with Crippen LogP contribution < -0.4 is 5.32 Å². The Labute approximate surface area is 167 Å². The van der Waals surface area contributed by atoms with Crippen LogP contribution in [0.2, 0.25) is 5.02 Å². The molecule has 0 bridgehead atoms. The van der Waals surface area contributed by atoms with Crippen LogP contribution in [0.15, 0.2) is 54.6 Å². The summed E-state index contributed by atoms with van der Waals surface area (Å²) in [5, 5.41) is 3.77. The van der Waals surface area contributed by atoms with Gasteiger partial charge in [0.15, 0.2) is 0 Å². The number of amides is 1. The van der Waals surface area contributed by atoms with Gasteiger partial charge in [0.2, 0.25) is 5.91 Å². The average molecular weight is 385 g/mol. The summed E-state index contributed by atoms with van der Waals surface area (Å²) >= 11 is 5.89. The average Bonchev–Trinajstić information content (AvgIpc) is 2.70. The van der Waals surface area contributed by atoms with Crippen molar-refractivity contribution >= 4 is 17.5 Å². The van der Waals surface area contributed by atoms with E-state index in [0.29, 0.717) is 13.0 Å². The zero-order chi connectivity index (χ0) is 18.9. The molecule has 2 aromatic rings. The van der Waals surface area contributed by atoms with Crippen LogP contribution in [0.4, 0.5) is 0 Å². The molecule has 1 aliphatic rings. The number of nitrogens with zero attached hydrogens (tertiary/aromatic N) is 1. The highest BCUT2D eigenvalue weighted by Crippen LogP contribution is 2.21. The third kappa shape index (κ3) is 7.00. The normalized spacial score (nSPS) is 15.6. The van der Waals surface area contributed by atoms with E-state index in [0.717, 1.165) is 37.0 Å². The van der Waals surface area contributed by atoms with Crippen LogP contribution >= 0.6 is 11.6 Å². The van der Waals surface area contributed by atoms with Crippen LogP contribution in [0.3, 0.4) is 0 Å². The molecule has 1 N–H and O–H groups in total. The first-order chi connectivity index (χ1) is 13.2. The van der Waals surface area contributed by atoms with E-state index in [4.69, 9.17) is 11.6 Å². The van der Waals surface area contributed by atoms with Crippen molar-refractivity contribution in [1.82, 2.24) is 10.2 Å². The first-order valence-electron chi connectivity index (χ1n) is 9.96. The third-order valence-electron chi connectivity index (χ3n) is 5.38. The number of nitrogens with one attached hydrogen (secondary N) is 1. The standard InChI is InChI=1S/C23H29ClN2O/c24-22-8-6-19(7-9-22)10-14-25-23(27)13-17-26-15-11-21(12-16-26)18-20-4-2-1-3-5-20/h1-9,21H,10-18H2,(H,25,27). The molecule has 27 heavy (non-hydrogen) atoms. The summed E-state index contributed by atoms with van der Waals surface area (Å²) in [5.74, 6) is 0.923. The lowest BCUT2D eigenvalue weighted by Gasteiger charge is -2.31. The van der Waals surface area contributed by atoms with Crippen LogP contribution in [0.1, 0.15) is 30.4 Å². The summed E-state index contributed by atoms with van der Waals surface area (Å²) in [6.07, 6.45) is 5.07. The predicted molar refractivity (Wildman–Crippen MR) is 112 cm³/mol. The van der Waals surface area contributed by atoms with Crippen molar-refractivity contribution in [1.29, 1.82) is 0 Å². The lowest BCUT2D eigenvalue weighted by Crippen LogP contribution is -2.37. The summed E-state index contributed by atoms with van der Waals surface area (Å²) in [7, 11) is 0. The fourth-order valence-corrected chi connectivity index (χ4v) is 3.83. The Bertz CT molecular complexity index is 694. The fraction of sp³-hybridized carbons (Fsp3) is 0.435. The van der Waals surface area contributed by atoms with Gasteiger partial charge in [0.05, 0.1) is 0 Å². The predicted octanol–water partition coefficient (Wildman–Crippen LogP) is 4.34. The maximum Gasteiger partial charge on any atom is 0.221 e. The van der Waals surface area contributed by atoms with Crippen molar-refractivity contribution in [2.45, 2.75) is 32.1 Å². The molecule has 144 valence electrons. The molecule has 1 aliphatic heterocycles. The van der Waals surface area contributed by atoms with Gasteiger partial charge in [-0.05, 0) is 68.0 Å². The number of carbonyl (C=O) groups excluding carboxylic acids is 1. The first-order valence-corrected chi connectivity index (χ1v) is 10.3. The van der Waals surface area contributed by atoms with Gasteiger partial charge in [0.1, 0.15) is 0 Å². The number of carbonyl (C=O) groups is 1. The minimum atomic E-state index is 0.148. The number of hydrogen-bond acceptors (Lipinski definition) is 2. The molecule has 0 unspecified atom stereocenters. The molecule has 1 fully saturated rings. The second-order valence-electron chi connectivity index (χ2n) is 7.45. The van der Waals surface area contributed by atoms with Crippen LogP contribution in [0.25, 0.3) is 0 Å². The Morgan fingerprint density at radius 2 is 1.70 bits per heavy atom. The highest BCUT2D eigenvalue weighted by Gasteiger charge is 2.19. The maximum absolute atomic E-state index is 12.1. The van der Waals surface area contributed by atoms with Gasteiger partial charge < -0.3 is 10.2 Å². The Kier molecular flexibility index (Phi) is 7.73. The molecular formula is C23H29ClN2O. The Morgan fingerprint density at radius 3 is 2.41 bits per heavy atom. The largest absolute Gasteiger partial charge is 0.356 e. The highest BCUT2D eigenvalue weighted by molar-refractivity contribution is 6.30. The quantitative estimate of drug-likeness (QED) is 0.734. The SMILES string of the molecule is O=C(CCN1CCC(Cc2ccccc2)CC1)NCCc1ccc(Cl)cc1. The second kappa shape index (κ2) is 10.5. The molecule has 4 heteroatoms. The number of likely N-dealkylation sites (tertiary alicyclic amines) is 1. The summed E-state index contributed by atoms with van der Waals surface area (Å²) in [6.45, 7) is 3.76. The second-order valence-corrected chi connectivity index (χ2v) is 7.89. The molecule has 2 aromatic carbocycles. The van der Waals surface area contributed by atoms with Gasteiger partial charge in [0, 0.05) is 24.5 Å². The van der Waals surface area contributed by atoms with Crippen molar-refractivity contribution in [2.75, 3.05) is 26.2 Å². The molecule has 0 radical (unpaired) electrons. The molecule has 3 nitrogen and oxygen atoms in total. The molecule has 3 rings (SSSR count). The summed E-state index contributed by atoms with van der Waals surface area (Å²) in [6, 6.07) is 18.6. The number of halogens is 1. The zero-order valence-corrected chi connectivity index (χ0v) is 16.6. The lowest BCUT2D eigenvalue weighted by molar-refractivity contribution is -0.121. The van der Waals surface area contributed by atoms with Gasteiger partial charge in [-0.3, -0.25) is 4.79 Å². The number of rotatable bonds is 8. The molecule has 0 aromatic heterocycles. The van der Waals surface area contributed by atoms with Gasteiger partial charge in [0.25, 0.3) is 0 Å². The monoisotopic (exact) mass is 384 g/mol. The fourth-order valence-electron chi connectivity index (χ4n) is 3.71. The smallest absolute Gasteiger partial charge is 0.221 e. The van der Waals surface area contributed by atoms with Crippen molar-refractivity contribution in [2.24, 2.45) is 5.92 Å².